The van der Waals surface area contributed by atoms with Gasteiger partial charge in [-0.1, -0.05) is 30.3 Å². The zero-order valence-corrected chi connectivity index (χ0v) is 17.7. The Balaban J connectivity index is 1.29. The van der Waals surface area contributed by atoms with Gasteiger partial charge in [0.2, 0.25) is 10.0 Å². The summed E-state index contributed by atoms with van der Waals surface area (Å²) in [5.41, 5.74) is 2.24. The van der Waals surface area contributed by atoms with Crippen molar-refractivity contribution < 1.29 is 17.6 Å². The summed E-state index contributed by atoms with van der Waals surface area (Å²) in [6.45, 7) is 2.45. The van der Waals surface area contributed by atoms with E-state index in [1.807, 2.05) is 30.3 Å². The Labute approximate surface area is 179 Å². The Kier molecular flexibility index (Phi) is 6.17. The number of ketones is 1. The maximum Gasteiger partial charge on any atom is 0.417 e. The van der Waals surface area contributed by atoms with E-state index in [9.17, 15) is 18.0 Å². The molecule has 0 spiro atoms. The predicted molar refractivity (Wildman–Crippen MR) is 118 cm³/mol. The van der Waals surface area contributed by atoms with Gasteiger partial charge in [0, 0.05) is 50.1 Å². The molecule has 0 bridgehead atoms. The number of fused-ring (bicyclic) bond motifs is 1. The molecule has 1 aliphatic rings. The normalized spacial score (nSPS) is 16.3. The molecule has 1 fully saturated rings. The SMILES string of the molecule is O=C(CCN1CCN(S(=O)(=O)C=Cc2ccccc2)CC1)c1ccc2[nH]c(=O)oc2c1. The number of nitrogens with zero attached hydrogens (tertiary/aromatic N) is 2. The van der Waals surface area contributed by atoms with Crippen LogP contribution >= 0.6 is 0 Å². The first-order valence-corrected chi connectivity index (χ1v) is 11.5. The molecule has 0 aliphatic carbocycles. The van der Waals surface area contributed by atoms with Gasteiger partial charge in [-0.05, 0) is 29.8 Å². The first-order chi connectivity index (χ1) is 14.9. The summed E-state index contributed by atoms with van der Waals surface area (Å²) in [5.74, 6) is -0.599. The van der Waals surface area contributed by atoms with E-state index in [0.717, 1.165) is 5.56 Å². The molecule has 9 heteroatoms. The van der Waals surface area contributed by atoms with Gasteiger partial charge in [-0.15, -0.1) is 0 Å². The fraction of sp³-hybridized carbons (Fsp3) is 0.273. The van der Waals surface area contributed by atoms with Crippen molar-refractivity contribution in [3.8, 4) is 0 Å². The number of Topliss-reactive ketones (excluding diaryl/α,β-unsaturated/α-hetero) is 1. The van der Waals surface area contributed by atoms with Crippen molar-refractivity contribution in [2.45, 2.75) is 6.42 Å². The van der Waals surface area contributed by atoms with Crippen molar-refractivity contribution in [2.75, 3.05) is 32.7 Å². The van der Waals surface area contributed by atoms with E-state index < -0.39 is 15.8 Å². The van der Waals surface area contributed by atoms with Crippen molar-refractivity contribution in [2.24, 2.45) is 0 Å². The third kappa shape index (κ3) is 5.19. The molecule has 31 heavy (non-hydrogen) atoms. The number of H-pyrrole nitrogens is 1. The molecule has 1 aromatic heterocycles. The minimum absolute atomic E-state index is 0.0494. The van der Waals surface area contributed by atoms with Crippen LogP contribution in [-0.4, -0.2) is 61.1 Å². The summed E-state index contributed by atoms with van der Waals surface area (Å²) < 4.78 is 31.6. The minimum Gasteiger partial charge on any atom is -0.408 e. The van der Waals surface area contributed by atoms with E-state index in [-0.39, 0.29) is 5.78 Å². The third-order valence-corrected chi connectivity index (χ3v) is 6.89. The molecule has 8 nitrogen and oxygen atoms in total. The van der Waals surface area contributed by atoms with Crippen LogP contribution in [0.5, 0.6) is 0 Å². The quantitative estimate of drug-likeness (QED) is 0.565. The van der Waals surface area contributed by atoms with Crippen molar-refractivity contribution in [3.05, 3.63) is 75.6 Å². The highest BCUT2D eigenvalue weighted by molar-refractivity contribution is 7.92. The Morgan fingerprint density at radius 3 is 2.55 bits per heavy atom. The lowest BCUT2D eigenvalue weighted by molar-refractivity contribution is 0.0952. The smallest absolute Gasteiger partial charge is 0.408 e. The summed E-state index contributed by atoms with van der Waals surface area (Å²) in [7, 11) is -3.48. The molecule has 3 aromatic rings. The van der Waals surface area contributed by atoms with Crippen LogP contribution in [0.15, 0.2) is 63.2 Å². The number of hydrogen-bond acceptors (Lipinski definition) is 6. The lowest BCUT2D eigenvalue weighted by atomic mass is 10.1. The minimum atomic E-state index is -3.48. The molecule has 4 rings (SSSR count). The summed E-state index contributed by atoms with van der Waals surface area (Å²) in [6.07, 6.45) is 1.91. The highest BCUT2D eigenvalue weighted by Crippen LogP contribution is 2.15. The van der Waals surface area contributed by atoms with Crippen LogP contribution in [-0.2, 0) is 10.0 Å². The predicted octanol–water partition coefficient (Wildman–Crippen LogP) is 2.31. The maximum absolute atomic E-state index is 12.6. The van der Waals surface area contributed by atoms with Gasteiger partial charge in [0.1, 0.15) is 0 Å². The van der Waals surface area contributed by atoms with E-state index >= 15 is 0 Å². The first-order valence-electron chi connectivity index (χ1n) is 10.0. The van der Waals surface area contributed by atoms with E-state index in [2.05, 4.69) is 9.88 Å². The zero-order valence-electron chi connectivity index (χ0n) is 16.9. The van der Waals surface area contributed by atoms with E-state index in [1.165, 1.54) is 9.71 Å². The number of oxazole rings is 1. The lowest BCUT2D eigenvalue weighted by Gasteiger charge is -2.33. The molecule has 1 N–H and O–H groups in total. The molecule has 162 valence electrons. The number of piperazine rings is 1. The molecule has 1 aliphatic heterocycles. The first kappa shape index (κ1) is 21.2. The molecule has 1 saturated heterocycles. The van der Waals surface area contributed by atoms with E-state index in [4.69, 9.17) is 4.42 Å². The molecule has 0 atom stereocenters. The van der Waals surface area contributed by atoms with Crippen LogP contribution in [0.1, 0.15) is 22.3 Å². The number of aromatic amines is 1. The van der Waals surface area contributed by atoms with Crippen molar-refractivity contribution in [3.63, 3.8) is 0 Å². The van der Waals surface area contributed by atoms with E-state index in [1.54, 1.807) is 24.3 Å². The summed E-state index contributed by atoms with van der Waals surface area (Å²) in [6, 6.07) is 14.2. The third-order valence-electron chi connectivity index (χ3n) is 5.32. The molecule has 0 saturated carbocycles. The Hall–Kier alpha value is -3.01. The Morgan fingerprint density at radius 1 is 1.06 bits per heavy atom. The molecule has 0 radical (unpaired) electrons. The van der Waals surface area contributed by atoms with Crippen molar-refractivity contribution in [1.29, 1.82) is 0 Å². The number of rotatable bonds is 7. The van der Waals surface area contributed by atoms with Crippen LogP contribution in [0.4, 0.5) is 0 Å². The van der Waals surface area contributed by atoms with Gasteiger partial charge in [0.25, 0.3) is 0 Å². The summed E-state index contributed by atoms with van der Waals surface area (Å²) in [4.78, 5) is 28.4. The van der Waals surface area contributed by atoms with Gasteiger partial charge in [0.15, 0.2) is 11.4 Å². The molecule has 2 aromatic carbocycles. The van der Waals surface area contributed by atoms with Gasteiger partial charge < -0.3 is 9.32 Å². The lowest BCUT2D eigenvalue weighted by Crippen LogP contribution is -2.48. The van der Waals surface area contributed by atoms with Gasteiger partial charge >= 0.3 is 5.76 Å². The van der Waals surface area contributed by atoms with Crippen LogP contribution in [0.25, 0.3) is 17.2 Å². The molecular formula is C22H23N3O5S. The van der Waals surface area contributed by atoms with E-state index in [0.29, 0.717) is 55.8 Å². The number of carbonyl (C=O) groups excluding carboxylic acids is 1. The average Bonchev–Trinajstić information content (AvgIpc) is 3.16. The Morgan fingerprint density at radius 2 is 1.81 bits per heavy atom. The monoisotopic (exact) mass is 441 g/mol. The van der Waals surface area contributed by atoms with Crippen molar-refractivity contribution in [1.82, 2.24) is 14.2 Å². The van der Waals surface area contributed by atoms with Gasteiger partial charge in [-0.3, -0.25) is 9.78 Å². The fourth-order valence-electron chi connectivity index (χ4n) is 3.55. The fourth-order valence-corrected chi connectivity index (χ4v) is 4.72. The number of nitrogens with one attached hydrogen (secondary N) is 1. The van der Waals surface area contributed by atoms with Crippen LogP contribution in [0.2, 0.25) is 0 Å². The van der Waals surface area contributed by atoms with Crippen molar-refractivity contribution >= 4 is 33.0 Å². The van der Waals surface area contributed by atoms with Crippen LogP contribution in [0, 0.1) is 0 Å². The summed E-state index contributed by atoms with van der Waals surface area (Å²) in [5, 5.41) is 1.25. The second-order valence-electron chi connectivity index (χ2n) is 7.40. The highest BCUT2D eigenvalue weighted by atomic mass is 32.2. The summed E-state index contributed by atoms with van der Waals surface area (Å²) >= 11 is 0. The number of aromatic nitrogens is 1. The zero-order chi connectivity index (χ0) is 21.8. The standard InChI is InChI=1S/C22H23N3O5S/c26-20(18-6-7-19-21(16-18)30-22(27)23-19)8-10-24-11-13-25(14-12-24)31(28,29)15-9-17-4-2-1-3-5-17/h1-7,9,15-16H,8,10-14H2,(H,23,27). The number of hydrogen-bond donors (Lipinski definition) is 1. The number of benzene rings is 2. The maximum atomic E-state index is 12.6. The molecule has 2 heterocycles. The van der Waals surface area contributed by atoms with Crippen LogP contribution < -0.4 is 5.76 Å². The van der Waals surface area contributed by atoms with Crippen LogP contribution in [0.3, 0.4) is 0 Å². The Bertz CT molecular complexity index is 1250. The van der Waals surface area contributed by atoms with Gasteiger partial charge in [-0.2, -0.15) is 4.31 Å². The topological polar surface area (TPSA) is 104 Å². The second-order valence-corrected chi connectivity index (χ2v) is 9.22. The average molecular weight is 442 g/mol. The largest absolute Gasteiger partial charge is 0.417 e. The molecule has 0 amide bonds. The van der Waals surface area contributed by atoms with Gasteiger partial charge in [0.05, 0.1) is 5.52 Å². The number of carbonyl (C=O) groups is 1. The van der Waals surface area contributed by atoms with Gasteiger partial charge in [-0.25, -0.2) is 13.2 Å². The number of sulfonamides is 1. The molecular weight excluding hydrogens is 418 g/mol. The molecule has 0 unspecified atom stereocenters. The highest BCUT2D eigenvalue weighted by Gasteiger charge is 2.25. The second kappa shape index (κ2) is 9.01.